The topological polar surface area (TPSA) is 43.8 Å². The molecule has 90 valence electrons. The molecule has 2 N–H and O–H groups in total. The third-order valence-corrected chi connectivity index (χ3v) is 3.46. The molecule has 0 amide bonds. The average molecular weight is 294 g/mol. The fourth-order valence-corrected chi connectivity index (χ4v) is 2.43. The van der Waals surface area contributed by atoms with Gasteiger partial charge in [-0.25, -0.2) is 4.68 Å². The van der Waals surface area contributed by atoms with Crippen LogP contribution < -0.4 is 5.73 Å². The summed E-state index contributed by atoms with van der Waals surface area (Å²) in [6.45, 7) is 2.80. The maximum absolute atomic E-state index is 5.62. The van der Waals surface area contributed by atoms with E-state index in [1.807, 2.05) is 29.1 Å². The molecule has 0 atom stereocenters. The first-order valence-corrected chi connectivity index (χ1v) is 6.58. The summed E-state index contributed by atoms with van der Waals surface area (Å²) in [7, 11) is 0. The lowest BCUT2D eigenvalue weighted by Crippen LogP contribution is -2.07. The molecular weight excluding hydrogens is 278 g/mol. The van der Waals surface area contributed by atoms with Gasteiger partial charge >= 0.3 is 0 Å². The Kier molecular flexibility index (Phi) is 3.97. The lowest BCUT2D eigenvalue weighted by Gasteiger charge is -2.09. The summed E-state index contributed by atoms with van der Waals surface area (Å²) >= 11 is 3.56. The van der Waals surface area contributed by atoms with E-state index in [1.165, 1.54) is 11.3 Å². The van der Waals surface area contributed by atoms with Crippen LogP contribution in [0.25, 0.3) is 5.69 Å². The van der Waals surface area contributed by atoms with E-state index in [9.17, 15) is 0 Å². The number of hydrogen-bond acceptors (Lipinski definition) is 2. The van der Waals surface area contributed by atoms with E-state index in [0.717, 1.165) is 23.0 Å². The smallest absolute Gasteiger partial charge is 0.0790 e. The molecule has 0 radical (unpaired) electrons. The normalized spacial score (nSPS) is 10.8. The van der Waals surface area contributed by atoms with Crippen LogP contribution in [0.5, 0.6) is 0 Å². The Balaban J connectivity index is 2.49. The molecule has 0 aliphatic carbocycles. The SMILES string of the molecule is CCc1c(CCN)cnn1-c1ccccc1Br. The molecule has 0 spiro atoms. The minimum Gasteiger partial charge on any atom is -0.330 e. The summed E-state index contributed by atoms with van der Waals surface area (Å²) in [6.07, 6.45) is 3.76. The maximum Gasteiger partial charge on any atom is 0.0790 e. The van der Waals surface area contributed by atoms with Crippen LogP contribution >= 0.6 is 15.9 Å². The molecule has 4 heteroatoms. The zero-order valence-electron chi connectivity index (χ0n) is 9.86. The van der Waals surface area contributed by atoms with Gasteiger partial charge in [-0.15, -0.1) is 0 Å². The van der Waals surface area contributed by atoms with Crippen LogP contribution in [0.15, 0.2) is 34.9 Å². The Hall–Kier alpha value is -1.13. The number of benzene rings is 1. The molecule has 3 nitrogen and oxygen atoms in total. The van der Waals surface area contributed by atoms with Crippen LogP contribution in [-0.2, 0) is 12.8 Å². The standard InChI is InChI=1S/C13H16BrN3/c1-2-12-10(7-8-15)9-16-17(12)13-6-4-3-5-11(13)14/h3-6,9H,2,7-8,15H2,1H3. The van der Waals surface area contributed by atoms with Crippen molar-refractivity contribution in [1.82, 2.24) is 9.78 Å². The Morgan fingerprint density at radius 1 is 1.35 bits per heavy atom. The van der Waals surface area contributed by atoms with E-state index in [2.05, 4.69) is 34.0 Å². The van der Waals surface area contributed by atoms with Crippen molar-refractivity contribution in [3.63, 3.8) is 0 Å². The van der Waals surface area contributed by atoms with Gasteiger partial charge in [-0.05, 0) is 53.0 Å². The van der Waals surface area contributed by atoms with Crippen LogP contribution in [0.3, 0.4) is 0 Å². The van der Waals surface area contributed by atoms with E-state index in [4.69, 9.17) is 5.73 Å². The molecule has 1 aromatic carbocycles. The first kappa shape index (κ1) is 12.3. The second kappa shape index (κ2) is 5.47. The molecular formula is C13H16BrN3. The summed E-state index contributed by atoms with van der Waals surface area (Å²) < 4.78 is 3.05. The number of rotatable bonds is 4. The Bertz CT molecular complexity index is 505. The van der Waals surface area contributed by atoms with E-state index >= 15 is 0 Å². The first-order chi connectivity index (χ1) is 8.27. The highest BCUT2D eigenvalue weighted by atomic mass is 79.9. The number of hydrogen-bond donors (Lipinski definition) is 1. The Morgan fingerprint density at radius 3 is 2.76 bits per heavy atom. The predicted octanol–water partition coefficient (Wildman–Crippen LogP) is 2.70. The second-order valence-corrected chi connectivity index (χ2v) is 4.73. The summed E-state index contributed by atoms with van der Waals surface area (Å²) in [5, 5.41) is 4.47. The van der Waals surface area contributed by atoms with Gasteiger partial charge < -0.3 is 5.73 Å². The quantitative estimate of drug-likeness (QED) is 0.942. The second-order valence-electron chi connectivity index (χ2n) is 3.87. The van der Waals surface area contributed by atoms with Crippen molar-refractivity contribution in [2.24, 2.45) is 5.73 Å². The number of nitrogens with two attached hydrogens (primary N) is 1. The Morgan fingerprint density at radius 2 is 2.12 bits per heavy atom. The van der Waals surface area contributed by atoms with Gasteiger partial charge in [0.15, 0.2) is 0 Å². The molecule has 0 bridgehead atoms. The summed E-state index contributed by atoms with van der Waals surface area (Å²) in [5.41, 5.74) is 9.17. The van der Waals surface area contributed by atoms with Crippen molar-refractivity contribution in [1.29, 1.82) is 0 Å². The molecule has 2 aromatic rings. The minimum atomic E-state index is 0.661. The van der Waals surface area contributed by atoms with Crippen LogP contribution in [0.2, 0.25) is 0 Å². The van der Waals surface area contributed by atoms with Crippen LogP contribution in [0.1, 0.15) is 18.2 Å². The van der Waals surface area contributed by atoms with Crippen LogP contribution in [0, 0.1) is 0 Å². The van der Waals surface area contributed by atoms with Crippen molar-refractivity contribution >= 4 is 15.9 Å². The average Bonchev–Trinajstić information content (AvgIpc) is 2.73. The number of aromatic nitrogens is 2. The van der Waals surface area contributed by atoms with Gasteiger partial charge in [0, 0.05) is 10.2 Å². The van der Waals surface area contributed by atoms with E-state index in [0.29, 0.717) is 6.54 Å². The summed E-state index contributed by atoms with van der Waals surface area (Å²) in [4.78, 5) is 0. The van der Waals surface area contributed by atoms with Crippen molar-refractivity contribution in [2.45, 2.75) is 19.8 Å². The number of halogens is 1. The van der Waals surface area contributed by atoms with Gasteiger partial charge in [0.1, 0.15) is 0 Å². The molecule has 17 heavy (non-hydrogen) atoms. The first-order valence-electron chi connectivity index (χ1n) is 5.78. The zero-order valence-corrected chi connectivity index (χ0v) is 11.4. The Labute approximate surface area is 110 Å². The van der Waals surface area contributed by atoms with Gasteiger partial charge in [-0.3, -0.25) is 0 Å². The highest BCUT2D eigenvalue weighted by molar-refractivity contribution is 9.10. The van der Waals surface area contributed by atoms with Gasteiger partial charge in [0.25, 0.3) is 0 Å². The number of nitrogens with zero attached hydrogens (tertiary/aromatic N) is 2. The van der Waals surface area contributed by atoms with E-state index in [-0.39, 0.29) is 0 Å². The van der Waals surface area contributed by atoms with Crippen molar-refractivity contribution < 1.29 is 0 Å². The highest BCUT2D eigenvalue weighted by Crippen LogP contribution is 2.23. The monoisotopic (exact) mass is 293 g/mol. The predicted molar refractivity (Wildman–Crippen MR) is 73.4 cm³/mol. The zero-order chi connectivity index (χ0) is 12.3. The van der Waals surface area contributed by atoms with Gasteiger partial charge in [0.05, 0.1) is 11.9 Å². The molecule has 0 unspecified atom stereocenters. The van der Waals surface area contributed by atoms with Crippen molar-refractivity contribution in [2.75, 3.05) is 6.54 Å². The minimum absolute atomic E-state index is 0.661. The molecule has 1 aromatic heterocycles. The molecule has 0 fully saturated rings. The van der Waals surface area contributed by atoms with Gasteiger partial charge in [-0.1, -0.05) is 19.1 Å². The summed E-state index contributed by atoms with van der Waals surface area (Å²) in [6, 6.07) is 8.11. The van der Waals surface area contributed by atoms with E-state index in [1.54, 1.807) is 0 Å². The lowest BCUT2D eigenvalue weighted by atomic mass is 10.1. The fourth-order valence-electron chi connectivity index (χ4n) is 1.98. The molecule has 0 aliphatic heterocycles. The van der Waals surface area contributed by atoms with Crippen molar-refractivity contribution in [3.05, 3.63) is 46.2 Å². The third-order valence-electron chi connectivity index (χ3n) is 2.78. The molecule has 0 saturated carbocycles. The van der Waals surface area contributed by atoms with Crippen molar-refractivity contribution in [3.8, 4) is 5.69 Å². The molecule has 2 rings (SSSR count). The van der Waals surface area contributed by atoms with Gasteiger partial charge in [-0.2, -0.15) is 5.10 Å². The fraction of sp³-hybridized carbons (Fsp3) is 0.308. The molecule has 0 aliphatic rings. The van der Waals surface area contributed by atoms with E-state index < -0.39 is 0 Å². The van der Waals surface area contributed by atoms with Crippen LogP contribution in [-0.4, -0.2) is 16.3 Å². The highest BCUT2D eigenvalue weighted by Gasteiger charge is 2.11. The largest absolute Gasteiger partial charge is 0.330 e. The molecule has 1 heterocycles. The van der Waals surface area contributed by atoms with Crippen LogP contribution in [0.4, 0.5) is 0 Å². The third kappa shape index (κ3) is 2.42. The number of para-hydroxylation sites is 1. The maximum atomic E-state index is 5.62. The lowest BCUT2D eigenvalue weighted by molar-refractivity contribution is 0.802. The summed E-state index contributed by atoms with van der Waals surface area (Å²) in [5.74, 6) is 0. The molecule has 0 saturated heterocycles. The van der Waals surface area contributed by atoms with Gasteiger partial charge in [0.2, 0.25) is 0 Å².